The molecule has 0 aliphatic rings. The summed E-state index contributed by atoms with van der Waals surface area (Å²) in [7, 11) is 0. The number of ether oxygens (including phenoxy) is 1. The molecule has 5 heteroatoms. The fraction of sp³-hybridized carbons (Fsp3) is 0.118. The summed E-state index contributed by atoms with van der Waals surface area (Å²) in [6, 6.07) is 11.9. The van der Waals surface area contributed by atoms with Gasteiger partial charge in [0.15, 0.2) is 0 Å². The number of carboxylic acid groups (broad SMARTS) is 1. The summed E-state index contributed by atoms with van der Waals surface area (Å²) in [5, 5.41) is 10.3. The molecule has 2 rings (SSSR count). The number of carbonyl (C=O) groups is 1. The van der Waals surface area contributed by atoms with E-state index in [1.54, 1.807) is 24.3 Å². The third-order valence-electron chi connectivity index (χ3n) is 2.97. The van der Waals surface area contributed by atoms with Gasteiger partial charge in [0.25, 0.3) is 0 Å². The summed E-state index contributed by atoms with van der Waals surface area (Å²) >= 11 is 12.1. The molecule has 2 aromatic carbocycles. The van der Waals surface area contributed by atoms with Crippen LogP contribution in [0.1, 0.15) is 18.1 Å². The number of rotatable bonds is 5. The van der Waals surface area contributed by atoms with Crippen molar-refractivity contribution < 1.29 is 14.6 Å². The summed E-state index contributed by atoms with van der Waals surface area (Å²) in [6.45, 7) is 2.36. The molecule has 0 amide bonds. The summed E-state index contributed by atoms with van der Waals surface area (Å²) in [4.78, 5) is 11.6. The van der Waals surface area contributed by atoms with Gasteiger partial charge in [-0.25, -0.2) is 4.79 Å². The van der Waals surface area contributed by atoms with Crippen LogP contribution in [0.2, 0.25) is 10.0 Å². The van der Waals surface area contributed by atoms with Crippen LogP contribution in [0.25, 0.3) is 11.6 Å². The highest BCUT2D eigenvalue weighted by atomic mass is 35.5. The molecule has 0 spiro atoms. The second-order valence-electron chi connectivity index (χ2n) is 4.46. The van der Waals surface area contributed by atoms with Gasteiger partial charge in [-0.2, -0.15) is 0 Å². The quantitative estimate of drug-likeness (QED) is 0.616. The van der Waals surface area contributed by atoms with Crippen molar-refractivity contribution in [3.8, 4) is 5.75 Å². The normalized spacial score (nSPS) is 11.3. The minimum absolute atomic E-state index is 0.0552. The molecule has 2 aromatic rings. The van der Waals surface area contributed by atoms with Gasteiger partial charge in [0.1, 0.15) is 5.75 Å². The third kappa shape index (κ3) is 3.81. The van der Waals surface area contributed by atoms with Crippen molar-refractivity contribution in [2.75, 3.05) is 6.61 Å². The summed E-state index contributed by atoms with van der Waals surface area (Å²) in [5.41, 5.74) is 1.09. The second kappa shape index (κ2) is 7.34. The smallest absolute Gasteiger partial charge is 0.336 e. The Balaban J connectivity index is 2.58. The Morgan fingerprint density at radius 3 is 2.64 bits per heavy atom. The molecule has 0 radical (unpaired) electrons. The van der Waals surface area contributed by atoms with Crippen LogP contribution in [-0.4, -0.2) is 17.7 Å². The number of hydrogen-bond donors (Lipinski definition) is 1. The summed E-state index contributed by atoms with van der Waals surface area (Å²) in [5.74, 6) is -0.475. The first-order valence-electron chi connectivity index (χ1n) is 6.65. The molecule has 0 saturated carbocycles. The molecule has 1 N–H and O–H groups in total. The first-order chi connectivity index (χ1) is 10.5. The van der Waals surface area contributed by atoms with E-state index in [0.717, 1.165) is 0 Å². The van der Waals surface area contributed by atoms with Gasteiger partial charge in [0.05, 0.1) is 12.2 Å². The van der Waals surface area contributed by atoms with Crippen LogP contribution in [0, 0.1) is 0 Å². The average Bonchev–Trinajstić information content (AvgIpc) is 2.49. The van der Waals surface area contributed by atoms with Crippen LogP contribution >= 0.6 is 23.2 Å². The van der Waals surface area contributed by atoms with Crippen molar-refractivity contribution in [2.24, 2.45) is 0 Å². The topological polar surface area (TPSA) is 46.5 Å². The fourth-order valence-corrected chi connectivity index (χ4v) is 2.39. The van der Waals surface area contributed by atoms with Crippen molar-refractivity contribution in [2.45, 2.75) is 6.92 Å². The number of para-hydroxylation sites is 1. The third-order valence-corrected chi connectivity index (χ3v) is 3.53. The second-order valence-corrected chi connectivity index (χ2v) is 5.30. The van der Waals surface area contributed by atoms with E-state index < -0.39 is 5.97 Å². The van der Waals surface area contributed by atoms with Crippen LogP contribution < -0.4 is 4.74 Å². The molecule has 0 heterocycles. The highest BCUT2D eigenvalue weighted by molar-refractivity contribution is 6.37. The molecule has 0 saturated heterocycles. The minimum atomic E-state index is -1.09. The molecule has 0 aliphatic carbocycles. The van der Waals surface area contributed by atoms with E-state index in [2.05, 4.69) is 0 Å². The van der Waals surface area contributed by atoms with Crippen molar-refractivity contribution in [3.05, 3.63) is 63.6 Å². The summed E-state index contributed by atoms with van der Waals surface area (Å²) < 4.78 is 5.51. The molecule has 22 heavy (non-hydrogen) atoms. The van der Waals surface area contributed by atoms with Gasteiger partial charge in [0.2, 0.25) is 0 Å². The SMILES string of the molecule is CCOc1ccccc1/C=C(\C(=O)O)c1cc(Cl)ccc1Cl. The number of hydrogen-bond acceptors (Lipinski definition) is 2. The van der Waals surface area contributed by atoms with Gasteiger partial charge in [0, 0.05) is 21.2 Å². The van der Waals surface area contributed by atoms with Crippen molar-refractivity contribution in [3.63, 3.8) is 0 Å². The molecule has 0 unspecified atom stereocenters. The molecular formula is C17H14Cl2O3. The number of aliphatic carboxylic acids is 1. The van der Waals surface area contributed by atoms with Gasteiger partial charge in [-0.05, 0) is 37.3 Å². The number of halogens is 2. The van der Waals surface area contributed by atoms with E-state index in [0.29, 0.717) is 33.5 Å². The number of carboxylic acids is 1. The highest BCUT2D eigenvalue weighted by Crippen LogP contribution is 2.30. The Morgan fingerprint density at radius 2 is 1.95 bits per heavy atom. The van der Waals surface area contributed by atoms with Crippen LogP contribution in [0.15, 0.2) is 42.5 Å². The summed E-state index contributed by atoms with van der Waals surface area (Å²) in [6.07, 6.45) is 1.53. The molecule has 0 atom stereocenters. The van der Waals surface area contributed by atoms with Crippen molar-refractivity contribution in [1.82, 2.24) is 0 Å². The molecule has 0 aliphatic heterocycles. The first-order valence-corrected chi connectivity index (χ1v) is 7.40. The van der Waals surface area contributed by atoms with E-state index in [1.807, 2.05) is 19.1 Å². The van der Waals surface area contributed by atoms with Crippen LogP contribution in [0.5, 0.6) is 5.75 Å². The largest absolute Gasteiger partial charge is 0.493 e. The number of benzene rings is 2. The van der Waals surface area contributed by atoms with Gasteiger partial charge in [-0.15, -0.1) is 0 Å². The molecule has 0 bridgehead atoms. The zero-order valence-electron chi connectivity index (χ0n) is 11.8. The van der Waals surface area contributed by atoms with E-state index >= 15 is 0 Å². The van der Waals surface area contributed by atoms with Gasteiger partial charge in [-0.1, -0.05) is 41.4 Å². The fourth-order valence-electron chi connectivity index (χ4n) is 2.00. The highest BCUT2D eigenvalue weighted by Gasteiger charge is 2.15. The van der Waals surface area contributed by atoms with E-state index in [-0.39, 0.29) is 5.57 Å². The van der Waals surface area contributed by atoms with Gasteiger partial charge in [-0.3, -0.25) is 0 Å². The maximum atomic E-state index is 11.6. The lowest BCUT2D eigenvalue weighted by Gasteiger charge is -2.10. The molecular weight excluding hydrogens is 323 g/mol. The van der Waals surface area contributed by atoms with Gasteiger partial charge < -0.3 is 9.84 Å². The lowest BCUT2D eigenvalue weighted by Crippen LogP contribution is -2.01. The monoisotopic (exact) mass is 336 g/mol. The van der Waals surface area contributed by atoms with Gasteiger partial charge >= 0.3 is 5.97 Å². The van der Waals surface area contributed by atoms with Crippen molar-refractivity contribution in [1.29, 1.82) is 0 Å². The Morgan fingerprint density at radius 1 is 1.23 bits per heavy atom. The zero-order valence-corrected chi connectivity index (χ0v) is 13.4. The van der Waals surface area contributed by atoms with E-state index in [1.165, 1.54) is 12.1 Å². The standard InChI is InChI=1S/C17H14Cl2O3/c1-2-22-16-6-4-3-5-11(16)9-14(17(20)21)13-10-12(18)7-8-15(13)19/h3-10H,2H2,1H3,(H,20,21)/b14-9-. The molecule has 0 aromatic heterocycles. The van der Waals surface area contributed by atoms with Crippen molar-refractivity contribution >= 4 is 40.8 Å². The predicted octanol–water partition coefficient (Wildman–Crippen LogP) is 5.02. The Kier molecular flexibility index (Phi) is 5.47. The van der Waals surface area contributed by atoms with Crippen LogP contribution in [0.4, 0.5) is 0 Å². The Bertz CT molecular complexity index is 724. The zero-order chi connectivity index (χ0) is 16.1. The lowest BCUT2D eigenvalue weighted by atomic mass is 10.0. The Labute approximate surface area is 138 Å². The van der Waals surface area contributed by atoms with E-state index in [9.17, 15) is 9.90 Å². The molecule has 3 nitrogen and oxygen atoms in total. The Hall–Kier alpha value is -1.97. The van der Waals surface area contributed by atoms with Crippen LogP contribution in [0.3, 0.4) is 0 Å². The predicted molar refractivity (Wildman–Crippen MR) is 89.6 cm³/mol. The molecule has 0 fully saturated rings. The maximum absolute atomic E-state index is 11.6. The average molecular weight is 337 g/mol. The van der Waals surface area contributed by atoms with E-state index in [4.69, 9.17) is 27.9 Å². The maximum Gasteiger partial charge on any atom is 0.336 e. The minimum Gasteiger partial charge on any atom is -0.493 e. The first kappa shape index (κ1) is 16.4. The lowest BCUT2D eigenvalue weighted by molar-refractivity contribution is -0.130. The van der Waals surface area contributed by atoms with Crippen LogP contribution in [-0.2, 0) is 4.79 Å². The molecule has 114 valence electrons.